The number of aliphatic imine (C=N–C) groups is 1. The van der Waals surface area contributed by atoms with Crippen molar-refractivity contribution in [1.29, 1.82) is 0 Å². The fraction of sp³-hybridized carbons (Fsp3) is 0.176. The summed E-state index contributed by atoms with van der Waals surface area (Å²) < 4.78 is 5.14. The Morgan fingerprint density at radius 2 is 2.05 bits per heavy atom. The van der Waals surface area contributed by atoms with Gasteiger partial charge in [0.2, 0.25) is 0 Å². The minimum Gasteiger partial charge on any atom is -0.482 e. The third-order valence-electron chi connectivity index (χ3n) is 2.94. The maximum absolute atomic E-state index is 10.5. The molecule has 4 nitrogen and oxygen atoms in total. The van der Waals surface area contributed by atoms with Gasteiger partial charge in [-0.25, -0.2) is 4.79 Å². The van der Waals surface area contributed by atoms with E-state index in [1.807, 2.05) is 38.1 Å². The van der Waals surface area contributed by atoms with Crippen molar-refractivity contribution < 1.29 is 14.6 Å². The highest BCUT2D eigenvalue weighted by atomic mass is 16.5. The molecule has 0 radical (unpaired) electrons. The van der Waals surface area contributed by atoms with Crippen LogP contribution in [-0.2, 0) is 4.79 Å². The molecular weight excluding hydrogens is 266 g/mol. The van der Waals surface area contributed by atoms with Gasteiger partial charge >= 0.3 is 5.97 Å². The Kier molecular flexibility index (Phi) is 4.72. The Morgan fingerprint density at radius 1 is 1.24 bits per heavy atom. The van der Waals surface area contributed by atoms with Gasteiger partial charge in [-0.1, -0.05) is 24.3 Å². The lowest BCUT2D eigenvalue weighted by Crippen LogP contribution is -2.09. The number of benzene rings is 2. The summed E-state index contributed by atoms with van der Waals surface area (Å²) in [5.41, 5.74) is 4.05. The van der Waals surface area contributed by atoms with E-state index in [9.17, 15) is 4.79 Å². The maximum atomic E-state index is 10.5. The summed E-state index contributed by atoms with van der Waals surface area (Å²) in [5, 5.41) is 8.60. The van der Waals surface area contributed by atoms with Crippen LogP contribution in [0.1, 0.15) is 16.7 Å². The number of nitrogens with zero attached hydrogens (tertiary/aromatic N) is 1. The highest BCUT2D eigenvalue weighted by Gasteiger charge is 2.00. The standard InChI is InChI=1S/C17H17NO3/c1-12-6-7-13(2)16(8-12)18-10-14-4-3-5-15(9-14)21-11-17(19)20/h3-10H,11H2,1-2H3,(H,19,20). The maximum Gasteiger partial charge on any atom is 0.341 e. The van der Waals surface area contributed by atoms with Crippen LogP contribution < -0.4 is 4.74 Å². The lowest BCUT2D eigenvalue weighted by molar-refractivity contribution is -0.139. The zero-order chi connectivity index (χ0) is 15.2. The largest absolute Gasteiger partial charge is 0.482 e. The zero-order valence-corrected chi connectivity index (χ0v) is 12.0. The molecule has 1 N–H and O–H groups in total. The first-order valence-electron chi connectivity index (χ1n) is 6.60. The molecule has 0 unspecified atom stereocenters. The minimum absolute atomic E-state index is 0.350. The van der Waals surface area contributed by atoms with E-state index in [-0.39, 0.29) is 6.61 Å². The first kappa shape index (κ1) is 14.8. The van der Waals surface area contributed by atoms with Gasteiger partial charge in [0.1, 0.15) is 5.75 Å². The summed E-state index contributed by atoms with van der Waals surface area (Å²) in [6.07, 6.45) is 1.75. The van der Waals surface area contributed by atoms with Gasteiger partial charge in [0.25, 0.3) is 0 Å². The van der Waals surface area contributed by atoms with E-state index >= 15 is 0 Å². The van der Waals surface area contributed by atoms with Crippen LogP contribution in [0.5, 0.6) is 5.75 Å². The SMILES string of the molecule is Cc1ccc(C)c(N=Cc2cccc(OCC(=O)O)c2)c1. The van der Waals surface area contributed by atoms with Crippen LogP contribution in [0.15, 0.2) is 47.5 Å². The molecule has 0 aliphatic carbocycles. The fourth-order valence-electron chi connectivity index (χ4n) is 1.83. The van der Waals surface area contributed by atoms with E-state index in [1.54, 1.807) is 18.3 Å². The Bertz CT molecular complexity index is 677. The van der Waals surface area contributed by atoms with Gasteiger partial charge in [0.05, 0.1) is 5.69 Å². The van der Waals surface area contributed by atoms with Gasteiger partial charge in [-0.05, 0) is 48.7 Å². The molecule has 0 heterocycles. The molecule has 0 aliphatic rings. The number of carboxylic acid groups (broad SMARTS) is 1. The average molecular weight is 283 g/mol. The number of aryl methyl sites for hydroxylation is 2. The van der Waals surface area contributed by atoms with Crippen molar-refractivity contribution in [3.8, 4) is 5.75 Å². The second-order valence-electron chi connectivity index (χ2n) is 4.80. The first-order valence-corrected chi connectivity index (χ1v) is 6.60. The molecule has 2 rings (SSSR count). The van der Waals surface area contributed by atoms with E-state index in [4.69, 9.17) is 9.84 Å². The Labute approximate surface area is 123 Å². The van der Waals surface area contributed by atoms with E-state index in [0.29, 0.717) is 5.75 Å². The Balaban J connectivity index is 2.15. The number of aliphatic carboxylic acids is 1. The average Bonchev–Trinajstić information content (AvgIpc) is 2.46. The molecule has 2 aromatic carbocycles. The van der Waals surface area contributed by atoms with Crippen molar-refractivity contribution in [2.75, 3.05) is 6.61 Å². The first-order chi connectivity index (χ1) is 10.0. The van der Waals surface area contributed by atoms with Crippen molar-refractivity contribution in [1.82, 2.24) is 0 Å². The molecule has 21 heavy (non-hydrogen) atoms. The molecule has 108 valence electrons. The predicted molar refractivity (Wildman–Crippen MR) is 82.7 cm³/mol. The summed E-state index contributed by atoms with van der Waals surface area (Å²) >= 11 is 0. The molecule has 0 spiro atoms. The van der Waals surface area contributed by atoms with Crippen LogP contribution in [-0.4, -0.2) is 23.9 Å². The molecule has 0 aliphatic heterocycles. The normalized spacial score (nSPS) is 10.8. The van der Waals surface area contributed by atoms with Gasteiger partial charge in [-0.2, -0.15) is 0 Å². The second-order valence-corrected chi connectivity index (χ2v) is 4.80. The molecule has 0 aromatic heterocycles. The number of ether oxygens (including phenoxy) is 1. The monoisotopic (exact) mass is 283 g/mol. The van der Waals surface area contributed by atoms with Gasteiger partial charge < -0.3 is 9.84 Å². The van der Waals surface area contributed by atoms with Gasteiger partial charge in [-0.15, -0.1) is 0 Å². The second kappa shape index (κ2) is 6.70. The zero-order valence-electron chi connectivity index (χ0n) is 12.0. The Hall–Kier alpha value is -2.62. The molecule has 0 atom stereocenters. The summed E-state index contributed by atoms with van der Waals surface area (Å²) in [6, 6.07) is 13.3. The number of carboxylic acids is 1. The molecule has 0 saturated carbocycles. The van der Waals surface area contributed by atoms with Crippen LogP contribution in [0.25, 0.3) is 0 Å². The summed E-state index contributed by atoms with van der Waals surface area (Å²) in [4.78, 5) is 15.0. The summed E-state index contributed by atoms with van der Waals surface area (Å²) in [6.45, 7) is 3.69. The van der Waals surface area contributed by atoms with Crippen molar-refractivity contribution in [2.24, 2.45) is 4.99 Å². The molecule has 4 heteroatoms. The number of hydrogen-bond donors (Lipinski definition) is 1. The van der Waals surface area contributed by atoms with Crippen LogP contribution in [0.2, 0.25) is 0 Å². The minimum atomic E-state index is -0.996. The van der Waals surface area contributed by atoms with Crippen molar-refractivity contribution in [3.05, 3.63) is 59.2 Å². The van der Waals surface area contributed by atoms with Crippen LogP contribution in [0.3, 0.4) is 0 Å². The molecule has 0 bridgehead atoms. The smallest absolute Gasteiger partial charge is 0.341 e. The van der Waals surface area contributed by atoms with Crippen LogP contribution in [0.4, 0.5) is 5.69 Å². The highest BCUT2D eigenvalue weighted by Crippen LogP contribution is 2.20. The van der Waals surface area contributed by atoms with E-state index in [2.05, 4.69) is 11.1 Å². The lowest BCUT2D eigenvalue weighted by Gasteiger charge is -2.04. The molecule has 0 amide bonds. The summed E-state index contributed by atoms with van der Waals surface area (Å²) in [7, 11) is 0. The van der Waals surface area contributed by atoms with E-state index in [0.717, 1.165) is 22.4 Å². The van der Waals surface area contributed by atoms with E-state index < -0.39 is 5.97 Å². The molecule has 2 aromatic rings. The number of carbonyl (C=O) groups is 1. The Morgan fingerprint density at radius 3 is 2.81 bits per heavy atom. The molecule has 0 saturated heterocycles. The van der Waals surface area contributed by atoms with Crippen LogP contribution in [0, 0.1) is 13.8 Å². The van der Waals surface area contributed by atoms with Crippen molar-refractivity contribution >= 4 is 17.9 Å². The van der Waals surface area contributed by atoms with E-state index in [1.165, 1.54) is 0 Å². The van der Waals surface area contributed by atoms with Gasteiger partial charge in [-0.3, -0.25) is 4.99 Å². The molecular formula is C17H17NO3. The van der Waals surface area contributed by atoms with Crippen LogP contribution >= 0.6 is 0 Å². The fourth-order valence-corrected chi connectivity index (χ4v) is 1.83. The quantitative estimate of drug-likeness (QED) is 0.854. The predicted octanol–water partition coefficient (Wildman–Crippen LogP) is 3.52. The lowest BCUT2D eigenvalue weighted by atomic mass is 10.1. The number of hydrogen-bond acceptors (Lipinski definition) is 3. The van der Waals surface area contributed by atoms with Crippen molar-refractivity contribution in [3.63, 3.8) is 0 Å². The third kappa shape index (κ3) is 4.45. The molecule has 0 fully saturated rings. The van der Waals surface area contributed by atoms with Gasteiger partial charge in [0.15, 0.2) is 6.61 Å². The topological polar surface area (TPSA) is 58.9 Å². The third-order valence-corrected chi connectivity index (χ3v) is 2.94. The van der Waals surface area contributed by atoms with Gasteiger partial charge in [0, 0.05) is 6.21 Å². The summed E-state index contributed by atoms with van der Waals surface area (Å²) in [5.74, 6) is -0.480. The highest BCUT2D eigenvalue weighted by molar-refractivity contribution is 5.83. The van der Waals surface area contributed by atoms with Crippen molar-refractivity contribution in [2.45, 2.75) is 13.8 Å². The number of rotatable bonds is 5.